The van der Waals surface area contributed by atoms with Crippen LogP contribution in [0.5, 0.6) is 0 Å². The van der Waals surface area contributed by atoms with E-state index in [0.717, 1.165) is 18.9 Å². The van der Waals surface area contributed by atoms with Gasteiger partial charge >= 0.3 is 0 Å². The van der Waals surface area contributed by atoms with Gasteiger partial charge in [0, 0.05) is 29.0 Å². The Morgan fingerprint density at radius 1 is 1.28 bits per heavy atom. The highest BCUT2D eigenvalue weighted by Gasteiger charge is 2.34. The van der Waals surface area contributed by atoms with Crippen molar-refractivity contribution in [3.8, 4) is 0 Å². The van der Waals surface area contributed by atoms with Gasteiger partial charge in [-0.25, -0.2) is 13.2 Å². The molecule has 1 aromatic carbocycles. The molecule has 0 aromatic heterocycles. The predicted octanol–water partition coefficient (Wildman–Crippen LogP) is 4.36. The fraction of sp³-hybridized carbons (Fsp3) is 0.538. The summed E-state index contributed by atoms with van der Waals surface area (Å²) in [6.07, 6.45) is 1.63. The summed E-state index contributed by atoms with van der Waals surface area (Å²) in [5.74, 6) is -2.83. The van der Waals surface area contributed by atoms with Gasteiger partial charge in [0.05, 0.1) is 6.10 Å². The number of hydrogen-bond acceptors (Lipinski definition) is 1. The zero-order valence-corrected chi connectivity index (χ0v) is 11.5. The summed E-state index contributed by atoms with van der Waals surface area (Å²) in [5.41, 5.74) is 0.155. The summed E-state index contributed by atoms with van der Waals surface area (Å²) in [4.78, 5) is -0.361. The van der Waals surface area contributed by atoms with Gasteiger partial charge in [-0.1, -0.05) is 22.9 Å². The number of hydrogen-bond donors (Lipinski definition) is 0. The molecule has 18 heavy (non-hydrogen) atoms. The van der Waals surface area contributed by atoms with E-state index in [1.54, 1.807) is 0 Å². The lowest BCUT2D eigenvalue weighted by Gasteiger charge is -2.23. The molecule has 0 amide bonds. The Morgan fingerprint density at radius 3 is 2.61 bits per heavy atom. The molecular weight excluding hydrogens is 309 g/mol. The van der Waals surface area contributed by atoms with Gasteiger partial charge < -0.3 is 4.74 Å². The van der Waals surface area contributed by atoms with Crippen LogP contribution in [0.4, 0.5) is 13.2 Å². The van der Waals surface area contributed by atoms with Crippen LogP contribution in [0.1, 0.15) is 30.2 Å². The van der Waals surface area contributed by atoms with Crippen molar-refractivity contribution >= 4 is 15.9 Å². The van der Waals surface area contributed by atoms with E-state index in [9.17, 15) is 13.2 Å². The van der Waals surface area contributed by atoms with Crippen molar-refractivity contribution in [2.24, 2.45) is 5.92 Å². The largest absolute Gasteiger partial charge is 0.378 e. The van der Waals surface area contributed by atoms with Gasteiger partial charge in [-0.2, -0.15) is 0 Å². The lowest BCUT2D eigenvalue weighted by atomic mass is 9.91. The maximum absolute atomic E-state index is 13.7. The fourth-order valence-electron chi connectivity index (χ4n) is 2.40. The molecule has 1 heterocycles. The highest BCUT2D eigenvalue weighted by atomic mass is 79.9. The van der Waals surface area contributed by atoms with Gasteiger partial charge in [-0.3, -0.25) is 0 Å². The molecule has 100 valence electrons. The second kappa shape index (κ2) is 5.61. The van der Waals surface area contributed by atoms with Gasteiger partial charge in [0.25, 0.3) is 0 Å². The Morgan fingerprint density at radius 2 is 1.94 bits per heavy atom. The highest BCUT2D eigenvalue weighted by Crippen LogP contribution is 2.41. The first-order chi connectivity index (χ1) is 8.54. The predicted molar refractivity (Wildman–Crippen MR) is 66.1 cm³/mol. The van der Waals surface area contributed by atoms with Crippen molar-refractivity contribution < 1.29 is 17.9 Å². The van der Waals surface area contributed by atoms with Crippen LogP contribution < -0.4 is 0 Å². The van der Waals surface area contributed by atoms with Gasteiger partial charge in [0.1, 0.15) is 5.82 Å². The maximum Gasteiger partial charge on any atom is 0.161 e. The Kier molecular flexibility index (Phi) is 4.33. The number of ether oxygens (including phenoxy) is 1. The minimum absolute atomic E-state index is 0.0295. The molecule has 5 heteroatoms. The van der Waals surface area contributed by atoms with E-state index in [0.29, 0.717) is 12.7 Å². The standard InChI is InChI=1S/C13H14BrF3O/c1-2-12-7(3-4-18-12)13(14)8-5-10(16)11(17)6-9(8)15/h5-7,12-13H,2-4H2,1H3. The molecule has 1 nitrogen and oxygen atoms in total. The highest BCUT2D eigenvalue weighted by molar-refractivity contribution is 9.09. The molecular formula is C13H14BrF3O. The molecule has 3 unspecified atom stereocenters. The lowest BCUT2D eigenvalue weighted by molar-refractivity contribution is 0.0871. The minimum atomic E-state index is -1.16. The van der Waals surface area contributed by atoms with Crippen LogP contribution in [-0.4, -0.2) is 12.7 Å². The number of halogens is 4. The molecule has 0 N–H and O–H groups in total. The molecule has 1 fully saturated rings. The Balaban J connectivity index is 2.28. The van der Waals surface area contributed by atoms with Crippen molar-refractivity contribution in [3.05, 3.63) is 35.1 Å². The smallest absolute Gasteiger partial charge is 0.161 e. The minimum Gasteiger partial charge on any atom is -0.378 e. The van der Waals surface area contributed by atoms with E-state index < -0.39 is 17.5 Å². The molecule has 1 saturated heterocycles. The van der Waals surface area contributed by atoms with Gasteiger partial charge in [-0.15, -0.1) is 0 Å². The Bertz CT molecular complexity index is 438. The average Bonchev–Trinajstić information content (AvgIpc) is 2.81. The van der Waals surface area contributed by atoms with E-state index in [4.69, 9.17) is 4.74 Å². The van der Waals surface area contributed by atoms with E-state index >= 15 is 0 Å². The van der Waals surface area contributed by atoms with Crippen molar-refractivity contribution in [2.45, 2.75) is 30.7 Å². The van der Waals surface area contributed by atoms with Crippen molar-refractivity contribution in [2.75, 3.05) is 6.61 Å². The summed E-state index contributed by atoms with van der Waals surface area (Å²) in [7, 11) is 0. The first-order valence-electron chi connectivity index (χ1n) is 5.94. The first-order valence-corrected chi connectivity index (χ1v) is 6.86. The average molecular weight is 323 g/mol. The number of alkyl halides is 1. The maximum atomic E-state index is 13.7. The van der Waals surface area contributed by atoms with Crippen LogP contribution in [-0.2, 0) is 4.74 Å². The van der Waals surface area contributed by atoms with Gasteiger partial charge in [0.15, 0.2) is 11.6 Å². The van der Waals surface area contributed by atoms with Crippen molar-refractivity contribution in [1.29, 1.82) is 0 Å². The molecule has 0 aliphatic carbocycles. The van der Waals surface area contributed by atoms with Crippen LogP contribution >= 0.6 is 15.9 Å². The summed E-state index contributed by atoms with van der Waals surface area (Å²) < 4.78 is 45.3. The second-order valence-corrected chi connectivity index (χ2v) is 5.45. The Labute approximate surface area is 112 Å². The molecule has 3 atom stereocenters. The summed E-state index contributed by atoms with van der Waals surface area (Å²) in [6, 6.07) is 1.52. The lowest BCUT2D eigenvalue weighted by Crippen LogP contribution is -2.19. The van der Waals surface area contributed by atoms with Crippen LogP contribution in [0.2, 0.25) is 0 Å². The summed E-state index contributed by atoms with van der Waals surface area (Å²) >= 11 is 3.39. The molecule has 1 aliphatic heterocycles. The SMILES string of the molecule is CCC1OCCC1C(Br)c1cc(F)c(F)cc1F. The summed E-state index contributed by atoms with van der Waals surface area (Å²) in [5, 5.41) is 0. The molecule has 1 aromatic rings. The van der Waals surface area contributed by atoms with E-state index in [1.165, 1.54) is 0 Å². The van der Waals surface area contributed by atoms with Gasteiger partial charge in [0.2, 0.25) is 0 Å². The summed E-state index contributed by atoms with van der Waals surface area (Å²) in [6.45, 7) is 2.61. The van der Waals surface area contributed by atoms with E-state index in [1.807, 2.05) is 6.92 Å². The van der Waals surface area contributed by atoms with Crippen LogP contribution in [0.25, 0.3) is 0 Å². The third-order valence-corrected chi connectivity index (χ3v) is 4.55. The van der Waals surface area contributed by atoms with Crippen molar-refractivity contribution in [1.82, 2.24) is 0 Å². The van der Waals surface area contributed by atoms with Crippen LogP contribution in [0.15, 0.2) is 12.1 Å². The van der Waals surface area contributed by atoms with Crippen molar-refractivity contribution in [3.63, 3.8) is 0 Å². The first kappa shape index (κ1) is 13.9. The quantitative estimate of drug-likeness (QED) is 0.593. The zero-order chi connectivity index (χ0) is 13.3. The third-order valence-electron chi connectivity index (χ3n) is 3.38. The second-order valence-electron chi connectivity index (χ2n) is 4.46. The fourth-order valence-corrected chi connectivity index (χ4v) is 3.36. The van der Waals surface area contributed by atoms with Crippen LogP contribution in [0.3, 0.4) is 0 Å². The zero-order valence-electron chi connectivity index (χ0n) is 9.93. The topological polar surface area (TPSA) is 9.23 Å². The normalized spacial score (nSPS) is 25.4. The third kappa shape index (κ3) is 2.57. The molecule has 0 radical (unpaired) electrons. The van der Waals surface area contributed by atoms with Crippen LogP contribution in [0, 0.1) is 23.4 Å². The molecule has 0 saturated carbocycles. The molecule has 0 spiro atoms. The Hall–Kier alpha value is -0.550. The number of benzene rings is 1. The molecule has 0 bridgehead atoms. The van der Waals surface area contributed by atoms with E-state index in [2.05, 4.69) is 15.9 Å². The molecule has 2 rings (SSSR count). The van der Waals surface area contributed by atoms with E-state index in [-0.39, 0.29) is 22.4 Å². The molecule has 1 aliphatic rings. The van der Waals surface area contributed by atoms with Gasteiger partial charge in [-0.05, 0) is 18.9 Å². The number of rotatable bonds is 3. The monoisotopic (exact) mass is 322 g/mol.